The van der Waals surface area contributed by atoms with E-state index in [0.717, 1.165) is 12.8 Å². The maximum atomic E-state index is 11.5. The van der Waals surface area contributed by atoms with Crippen molar-refractivity contribution in [2.24, 2.45) is 16.8 Å². The van der Waals surface area contributed by atoms with Gasteiger partial charge in [0.15, 0.2) is 5.84 Å². The largest absolute Gasteiger partial charge is 0.409 e. The SMILES string of the molecule is CC(C(=O)NCCOC1CCCC1)/C(N)=N/O. The monoisotopic (exact) mass is 243 g/mol. The van der Waals surface area contributed by atoms with Crippen molar-refractivity contribution in [1.82, 2.24) is 5.32 Å². The fourth-order valence-corrected chi connectivity index (χ4v) is 1.83. The fraction of sp³-hybridized carbons (Fsp3) is 0.818. The van der Waals surface area contributed by atoms with Gasteiger partial charge < -0.3 is 21.0 Å². The van der Waals surface area contributed by atoms with Crippen molar-refractivity contribution < 1.29 is 14.7 Å². The molecule has 17 heavy (non-hydrogen) atoms. The highest BCUT2D eigenvalue weighted by molar-refractivity contribution is 6.01. The highest BCUT2D eigenvalue weighted by Gasteiger charge is 2.18. The van der Waals surface area contributed by atoms with Crippen LogP contribution < -0.4 is 11.1 Å². The minimum Gasteiger partial charge on any atom is -0.409 e. The average molecular weight is 243 g/mol. The third-order valence-corrected chi connectivity index (χ3v) is 3.01. The number of amides is 1. The molecule has 1 fully saturated rings. The van der Waals surface area contributed by atoms with Crippen molar-refractivity contribution in [3.8, 4) is 0 Å². The molecule has 0 spiro atoms. The first-order chi connectivity index (χ1) is 8.15. The number of hydrogen-bond donors (Lipinski definition) is 3. The highest BCUT2D eigenvalue weighted by Crippen LogP contribution is 2.20. The Morgan fingerprint density at radius 1 is 1.59 bits per heavy atom. The van der Waals surface area contributed by atoms with Crippen LogP contribution in [0, 0.1) is 5.92 Å². The van der Waals surface area contributed by atoms with E-state index in [0.29, 0.717) is 19.3 Å². The van der Waals surface area contributed by atoms with E-state index in [1.54, 1.807) is 6.92 Å². The van der Waals surface area contributed by atoms with Crippen LogP contribution in [0.15, 0.2) is 5.16 Å². The zero-order valence-electron chi connectivity index (χ0n) is 10.2. The molecule has 98 valence electrons. The molecule has 0 radical (unpaired) electrons. The van der Waals surface area contributed by atoms with Gasteiger partial charge in [-0.15, -0.1) is 0 Å². The Hall–Kier alpha value is -1.30. The minimum atomic E-state index is -0.619. The standard InChI is InChI=1S/C11H21N3O3/c1-8(10(12)14-16)11(15)13-6-7-17-9-4-2-3-5-9/h8-9,16H,2-7H2,1H3,(H2,12,14)(H,13,15). The van der Waals surface area contributed by atoms with Crippen molar-refractivity contribution in [2.75, 3.05) is 13.2 Å². The number of carbonyl (C=O) groups is 1. The van der Waals surface area contributed by atoms with E-state index in [4.69, 9.17) is 15.7 Å². The van der Waals surface area contributed by atoms with Gasteiger partial charge in [-0.1, -0.05) is 18.0 Å². The second kappa shape index (κ2) is 7.11. The number of nitrogens with two attached hydrogens (primary N) is 1. The van der Waals surface area contributed by atoms with Gasteiger partial charge in [0.1, 0.15) is 0 Å². The van der Waals surface area contributed by atoms with Crippen LogP contribution in [-0.2, 0) is 9.53 Å². The zero-order valence-corrected chi connectivity index (χ0v) is 10.2. The summed E-state index contributed by atoms with van der Waals surface area (Å²) in [7, 11) is 0. The molecule has 1 saturated carbocycles. The first-order valence-electron chi connectivity index (χ1n) is 6.02. The summed E-state index contributed by atoms with van der Waals surface area (Å²) < 4.78 is 5.59. The second-order valence-electron chi connectivity index (χ2n) is 4.31. The lowest BCUT2D eigenvalue weighted by Crippen LogP contribution is -2.38. The van der Waals surface area contributed by atoms with Crippen LogP contribution in [-0.4, -0.2) is 36.2 Å². The molecule has 6 heteroatoms. The normalized spacial score (nSPS) is 19.2. The molecule has 4 N–H and O–H groups in total. The molecule has 0 aliphatic heterocycles. The Morgan fingerprint density at radius 3 is 2.82 bits per heavy atom. The first-order valence-corrected chi connectivity index (χ1v) is 6.02. The number of carbonyl (C=O) groups excluding carboxylic acids is 1. The van der Waals surface area contributed by atoms with Crippen LogP contribution in [0.3, 0.4) is 0 Å². The molecule has 0 aromatic rings. The van der Waals surface area contributed by atoms with Crippen molar-refractivity contribution in [3.05, 3.63) is 0 Å². The van der Waals surface area contributed by atoms with Gasteiger partial charge in [-0.25, -0.2) is 0 Å². The van der Waals surface area contributed by atoms with Gasteiger partial charge in [-0.3, -0.25) is 4.79 Å². The van der Waals surface area contributed by atoms with Crippen molar-refractivity contribution in [2.45, 2.75) is 38.7 Å². The van der Waals surface area contributed by atoms with Gasteiger partial charge >= 0.3 is 0 Å². The highest BCUT2D eigenvalue weighted by atomic mass is 16.5. The van der Waals surface area contributed by atoms with E-state index >= 15 is 0 Å². The Labute approximate surface area is 101 Å². The number of amidine groups is 1. The van der Waals surface area contributed by atoms with Crippen molar-refractivity contribution in [3.63, 3.8) is 0 Å². The number of ether oxygens (including phenoxy) is 1. The predicted octanol–water partition coefficient (Wildman–Crippen LogP) is 0.444. The van der Waals surface area contributed by atoms with E-state index in [-0.39, 0.29) is 11.7 Å². The molecule has 6 nitrogen and oxygen atoms in total. The topological polar surface area (TPSA) is 96.9 Å². The first kappa shape index (κ1) is 13.8. The Balaban J connectivity index is 2.11. The summed E-state index contributed by atoms with van der Waals surface area (Å²) in [4.78, 5) is 11.5. The lowest BCUT2D eigenvalue weighted by atomic mass is 10.1. The van der Waals surface area contributed by atoms with Crippen LogP contribution in [0.25, 0.3) is 0 Å². The van der Waals surface area contributed by atoms with E-state index in [1.165, 1.54) is 12.8 Å². The van der Waals surface area contributed by atoms with Crippen LogP contribution in [0.5, 0.6) is 0 Å². The molecule has 0 aromatic heterocycles. The van der Waals surface area contributed by atoms with Crippen molar-refractivity contribution >= 4 is 11.7 Å². The van der Waals surface area contributed by atoms with Gasteiger partial charge in [0.05, 0.1) is 18.6 Å². The maximum absolute atomic E-state index is 11.5. The number of nitrogens with zero attached hydrogens (tertiary/aromatic N) is 1. The Morgan fingerprint density at radius 2 is 2.24 bits per heavy atom. The average Bonchev–Trinajstić information content (AvgIpc) is 2.85. The zero-order chi connectivity index (χ0) is 12.7. The molecule has 0 bridgehead atoms. The third kappa shape index (κ3) is 4.60. The van der Waals surface area contributed by atoms with Gasteiger partial charge in [0, 0.05) is 6.54 Å². The molecule has 1 rings (SSSR count). The molecule has 1 aliphatic carbocycles. The molecule has 1 atom stereocenters. The van der Waals surface area contributed by atoms with Gasteiger partial charge in [-0.2, -0.15) is 0 Å². The third-order valence-electron chi connectivity index (χ3n) is 3.01. The predicted molar refractivity (Wildman–Crippen MR) is 63.8 cm³/mol. The Bertz CT molecular complexity index is 275. The summed E-state index contributed by atoms with van der Waals surface area (Å²) in [6, 6.07) is 0. The molecule has 0 saturated heterocycles. The fourth-order valence-electron chi connectivity index (χ4n) is 1.83. The molecular formula is C11H21N3O3. The van der Waals surface area contributed by atoms with Crippen LogP contribution >= 0.6 is 0 Å². The van der Waals surface area contributed by atoms with Gasteiger partial charge in [0.25, 0.3) is 0 Å². The maximum Gasteiger partial charge on any atom is 0.230 e. The summed E-state index contributed by atoms with van der Waals surface area (Å²) in [5.41, 5.74) is 5.33. The van der Waals surface area contributed by atoms with Gasteiger partial charge in [0.2, 0.25) is 5.91 Å². The molecule has 1 aliphatic rings. The van der Waals surface area contributed by atoms with Crippen LogP contribution in [0.4, 0.5) is 0 Å². The summed E-state index contributed by atoms with van der Waals surface area (Å²) in [5.74, 6) is -0.957. The van der Waals surface area contributed by atoms with Gasteiger partial charge in [-0.05, 0) is 19.8 Å². The minimum absolute atomic E-state index is 0.0841. The molecule has 0 heterocycles. The second-order valence-corrected chi connectivity index (χ2v) is 4.31. The van der Waals surface area contributed by atoms with Crippen LogP contribution in [0.2, 0.25) is 0 Å². The van der Waals surface area contributed by atoms with E-state index in [1.807, 2.05) is 0 Å². The van der Waals surface area contributed by atoms with Crippen LogP contribution in [0.1, 0.15) is 32.6 Å². The number of rotatable bonds is 6. The molecule has 1 unspecified atom stereocenters. The Kier molecular flexibility index (Phi) is 5.76. The van der Waals surface area contributed by atoms with E-state index in [9.17, 15) is 4.79 Å². The lowest BCUT2D eigenvalue weighted by molar-refractivity contribution is -0.123. The summed E-state index contributed by atoms with van der Waals surface area (Å²) in [6.45, 7) is 2.56. The van der Waals surface area contributed by atoms with Crippen molar-refractivity contribution in [1.29, 1.82) is 0 Å². The quantitative estimate of drug-likeness (QED) is 0.207. The lowest BCUT2D eigenvalue weighted by Gasteiger charge is -2.13. The number of hydrogen-bond acceptors (Lipinski definition) is 4. The van der Waals surface area contributed by atoms with E-state index < -0.39 is 5.92 Å². The summed E-state index contributed by atoms with van der Waals surface area (Å²) >= 11 is 0. The number of oxime groups is 1. The smallest absolute Gasteiger partial charge is 0.230 e. The molecule has 1 amide bonds. The summed E-state index contributed by atoms with van der Waals surface area (Å²) in [6.07, 6.45) is 5.06. The molecular weight excluding hydrogens is 222 g/mol. The van der Waals surface area contributed by atoms with E-state index in [2.05, 4.69) is 10.5 Å². The molecule has 0 aromatic carbocycles. The number of nitrogens with one attached hydrogen (secondary N) is 1. The summed E-state index contributed by atoms with van der Waals surface area (Å²) in [5, 5.41) is 13.9.